The van der Waals surface area contributed by atoms with Crippen LogP contribution in [0.25, 0.3) is 28.2 Å². The largest absolute Gasteiger partial charge is 0.433 e. The van der Waals surface area contributed by atoms with Gasteiger partial charge in [-0.2, -0.15) is 23.4 Å². The van der Waals surface area contributed by atoms with E-state index in [-0.39, 0.29) is 11.3 Å². The van der Waals surface area contributed by atoms with E-state index in [9.17, 15) is 18.0 Å². The summed E-state index contributed by atoms with van der Waals surface area (Å²) >= 11 is 0. The first kappa shape index (κ1) is 20.6. The lowest BCUT2D eigenvalue weighted by molar-refractivity contribution is -0.142. The van der Waals surface area contributed by atoms with E-state index in [0.717, 1.165) is 10.6 Å². The van der Waals surface area contributed by atoms with E-state index >= 15 is 0 Å². The first-order valence-corrected chi connectivity index (χ1v) is 9.50. The van der Waals surface area contributed by atoms with E-state index in [0.29, 0.717) is 40.1 Å². The van der Waals surface area contributed by atoms with Crippen LogP contribution in [0.1, 0.15) is 34.2 Å². The predicted octanol–water partition coefficient (Wildman–Crippen LogP) is 3.79. The summed E-state index contributed by atoms with van der Waals surface area (Å²) in [6, 6.07) is 7.34. The molecule has 0 aliphatic rings. The Morgan fingerprint density at radius 1 is 1.13 bits per heavy atom. The Morgan fingerprint density at radius 2 is 1.87 bits per heavy atom. The van der Waals surface area contributed by atoms with Crippen molar-refractivity contribution in [3.05, 3.63) is 59.0 Å². The molecule has 0 saturated carbocycles. The van der Waals surface area contributed by atoms with Gasteiger partial charge in [0.15, 0.2) is 11.3 Å². The van der Waals surface area contributed by atoms with Crippen LogP contribution in [-0.2, 0) is 19.6 Å². The van der Waals surface area contributed by atoms with Gasteiger partial charge in [-0.25, -0.2) is 9.50 Å². The molecule has 4 rings (SSSR count). The van der Waals surface area contributed by atoms with E-state index < -0.39 is 17.8 Å². The highest BCUT2D eigenvalue weighted by atomic mass is 19.4. The fourth-order valence-electron chi connectivity index (χ4n) is 3.59. The maximum atomic E-state index is 13.8. The van der Waals surface area contributed by atoms with Gasteiger partial charge >= 0.3 is 6.18 Å². The third-order valence-corrected chi connectivity index (χ3v) is 5.05. The van der Waals surface area contributed by atoms with Gasteiger partial charge in [0.25, 0.3) is 0 Å². The standard InChI is InChI=1S/C21H19F3N6O/c1-4-12-7-13(5-6-14(12)20(25)31)16-9-19-26-17(15-10-29(3)27-11(15)2)8-18(21(22,23)24)30(19)28-16/h5-10H,4H2,1-3H3,(H2,25,31). The number of hydrogen-bond donors (Lipinski definition) is 1. The second-order valence-electron chi connectivity index (χ2n) is 7.22. The van der Waals surface area contributed by atoms with Crippen molar-refractivity contribution in [2.24, 2.45) is 12.8 Å². The first-order chi connectivity index (χ1) is 14.6. The molecular weight excluding hydrogens is 409 g/mol. The van der Waals surface area contributed by atoms with Gasteiger partial charge in [-0.15, -0.1) is 0 Å². The number of carbonyl (C=O) groups is 1. The molecule has 0 fully saturated rings. The lowest BCUT2D eigenvalue weighted by atomic mass is 10.00. The lowest BCUT2D eigenvalue weighted by Gasteiger charge is -2.10. The van der Waals surface area contributed by atoms with Crippen LogP contribution >= 0.6 is 0 Å². The average molecular weight is 428 g/mol. The Labute approximate surface area is 175 Å². The molecule has 0 bridgehead atoms. The highest BCUT2D eigenvalue weighted by molar-refractivity contribution is 5.95. The van der Waals surface area contributed by atoms with Gasteiger partial charge in [-0.1, -0.05) is 13.0 Å². The number of carbonyl (C=O) groups excluding carboxylic acids is 1. The molecule has 0 aliphatic carbocycles. The van der Waals surface area contributed by atoms with Crippen LogP contribution in [0.15, 0.2) is 36.5 Å². The molecule has 1 amide bonds. The van der Waals surface area contributed by atoms with Crippen molar-refractivity contribution in [3.8, 4) is 22.5 Å². The SMILES string of the molecule is CCc1cc(-c2cc3nc(-c4cn(C)nc4C)cc(C(F)(F)F)n3n2)ccc1C(N)=O. The summed E-state index contributed by atoms with van der Waals surface area (Å²) in [7, 11) is 1.69. The number of amides is 1. The minimum Gasteiger partial charge on any atom is -0.366 e. The summed E-state index contributed by atoms with van der Waals surface area (Å²) in [5.74, 6) is -0.559. The van der Waals surface area contributed by atoms with Crippen molar-refractivity contribution in [2.45, 2.75) is 26.4 Å². The third-order valence-electron chi connectivity index (χ3n) is 5.05. The smallest absolute Gasteiger partial charge is 0.366 e. The number of nitrogens with two attached hydrogens (primary N) is 1. The summed E-state index contributed by atoms with van der Waals surface area (Å²) in [5.41, 5.74) is 7.70. The van der Waals surface area contributed by atoms with Gasteiger partial charge in [0.2, 0.25) is 5.91 Å². The van der Waals surface area contributed by atoms with E-state index in [4.69, 9.17) is 5.73 Å². The first-order valence-electron chi connectivity index (χ1n) is 9.50. The van der Waals surface area contributed by atoms with Crippen molar-refractivity contribution in [2.75, 3.05) is 0 Å². The van der Waals surface area contributed by atoms with Crippen molar-refractivity contribution >= 4 is 11.6 Å². The summed E-state index contributed by atoms with van der Waals surface area (Å²) in [6.07, 6.45) is -2.47. The fraction of sp³-hybridized carbons (Fsp3) is 0.238. The normalized spacial score (nSPS) is 11.9. The van der Waals surface area contributed by atoms with E-state index in [1.165, 1.54) is 10.7 Å². The van der Waals surface area contributed by atoms with Crippen molar-refractivity contribution in [3.63, 3.8) is 0 Å². The van der Waals surface area contributed by atoms with Crippen LogP contribution in [0, 0.1) is 6.92 Å². The molecule has 2 N–H and O–H groups in total. The number of alkyl halides is 3. The van der Waals surface area contributed by atoms with Crippen LogP contribution in [0.3, 0.4) is 0 Å². The highest BCUT2D eigenvalue weighted by Crippen LogP contribution is 2.34. The topological polar surface area (TPSA) is 91.1 Å². The quantitative estimate of drug-likeness (QED) is 0.536. The van der Waals surface area contributed by atoms with Crippen LogP contribution in [0.5, 0.6) is 0 Å². The predicted molar refractivity (Wildman–Crippen MR) is 108 cm³/mol. The zero-order chi connectivity index (χ0) is 22.5. The number of hydrogen-bond acceptors (Lipinski definition) is 4. The molecule has 0 spiro atoms. The third kappa shape index (κ3) is 3.65. The summed E-state index contributed by atoms with van der Waals surface area (Å²) < 4.78 is 43.8. The second kappa shape index (κ2) is 7.22. The van der Waals surface area contributed by atoms with Gasteiger partial charge in [-0.05, 0) is 37.1 Å². The van der Waals surface area contributed by atoms with Crippen LogP contribution in [0.4, 0.5) is 13.2 Å². The maximum Gasteiger partial charge on any atom is 0.433 e. The molecular formula is C21H19F3N6O. The number of aromatic nitrogens is 5. The number of primary amides is 1. The fourth-order valence-corrected chi connectivity index (χ4v) is 3.59. The number of halogens is 3. The monoisotopic (exact) mass is 428 g/mol. The zero-order valence-electron chi connectivity index (χ0n) is 17.0. The van der Waals surface area contributed by atoms with Gasteiger partial charge in [-0.3, -0.25) is 9.48 Å². The van der Waals surface area contributed by atoms with Gasteiger partial charge in [0.05, 0.1) is 17.1 Å². The zero-order valence-corrected chi connectivity index (χ0v) is 17.0. The molecule has 7 nitrogen and oxygen atoms in total. The Morgan fingerprint density at radius 3 is 2.45 bits per heavy atom. The number of benzene rings is 1. The second-order valence-corrected chi connectivity index (χ2v) is 7.22. The maximum absolute atomic E-state index is 13.8. The Kier molecular flexibility index (Phi) is 4.79. The molecule has 3 heterocycles. The molecule has 31 heavy (non-hydrogen) atoms. The van der Waals surface area contributed by atoms with Gasteiger partial charge in [0.1, 0.15) is 0 Å². The molecule has 0 unspecified atom stereocenters. The number of rotatable bonds is 4. The molecule has 4 aromatic rings. The molecule has 3 aromatic heterocycles. The molecule has 0 saturated heterocycles. The van der Waals surface area contributed by atoms with Crippen LogP contribution in [0.2, 0.25) is 0 Å². The molecule has 10 heteroatoms. The Bertz CT molecular complexity index is 1320. The minimum atomic E-state index is -4.64. The average Bonchev–Trinajstić information content (AvgIpc) is 3.28. The molecule has 1 aromatic carbocycles. The summed E-state index contributed by atoms with van der Waals surface area (Å²) in [6.45, 7) is 3.57. The minimum absolute atomic E-state index is 0.0557. The molecule has 160 valence electrons. The van der Waals surface area contributed by atoms with Gasteiger partial charge < -0.3 is 5.73 Å². The van der Waals surface area contributed by atoms with Crippen molar-refractivity contribution < 1.29 is 18.0 Å². The van der Waals surface area contributed by atoms with Crippen LogP contribution in [-0.4, -0.2) is 30.3 Å². The number of aryl methyl sites for hydroxylation is 3. The van der Waals surface area contributed by atoms with Gasteiger partial charge in [0, 0.05) is 36.0 Å². The summed E-state index contributed by atoms with van der Waals surface area (Å²) in [5, 5.41) is 8.35. The summed E-state index contributed by atoms with van der Waals surface area (Å²) in [4.78, 5) is 16.0. The highest BCUT2D eigenvalue weighted by Gasteiger charge is 2.35. The van der Waals surface area contributed by atoms with E-state index in [1.807, 2.05) is 6.92 Å². The number of fused-ring (bicyclic) bond motifs is 1. The lowest BCUT2D eigenvalue weighted by Crippen LogP contribution is -2.14. The Hall–Kier alpha value is -3.69. The molecule has 0 atom stereocenters. The molecule has 0 aliphatic heterocycles. The van der Waals surface area contributed by atoms with E-state index in [2.05, 4.69) is 15.2 Å². The van der Waals surface area contributed by atoms with E-state index in [1.54, 1.807) is 38.4 Å². The van der Waals surface area contributed by atoms with Crippen molar-refractivity contribution in [1.82, 2.24) is 24.4 Å². The Balaban J connectivity index is 1.93. The molecule has 0 radical (unpaired) electrons. The van der Waals surface area contributed by atoms with Crippen molar-refractivity contribution in [1.29, 1.82) is 0 Å². The van der Waals surface area contributed by atoms with Crippen LogP contribution < -0.4 is 5.73 Å². The number of nitrogens with zero attached hydrogens (tertiary/aromatic N) is 5.